The van der Waals surface area contributed by atoms with E-state index in [4.69, 9.17) is 11.6 Å². The van der Waals surface area contributed by atoms with Gasteiger partial charge in [0.2, 0.25) is 0 Å². The Labute approximate surface area is 130 Å². The summed E-state index contributed by atoms with van der Waals surface area (Å²) in [6, 6.07) is 15.7. The molecule has 2 aromatic heterocycles. The zero-order chi connectivity index (χ0) is 14.2. The summed E-state index contributed by atoms with van der Waals surface area (Å²) < 4.78 is 0. The van der Waals surface area contributed by atoms with Gasteiger partial charge in [-0.1, -0.05) is 35.9 Å². The zero-order valence-corrected chi connectivity index (χ0v) is 12.4. The summed E-state index contributed by atoms with van der Waals surface area (Å²) in [5.74, 6) is 0.800. The number of nitrogens with one attached hydrogen (secondary N) is 1. The van der Waals surface area contributed by atoms with Crippen molar-refractivity contribution in [1.29, 1.82) is 0 Å². The summed E-state index contributed by atoms with van der Waals surface area (Å²) in [4.78, 5) is 12.5. The molecule has 0 amide bonds. The third-order valence-electron chi connectivity index (χ3n) is 3.22. The maximum Gasteiger partial charge on any atom is 0.167 e. The molecule has 0 spiro atoms. The van der Waals surface area contributed by atoms with Crippen LogP contribution in [0.5, 0.6) is 0 Å². The number of rotatable bonds is 2. The smallest absolute Gasteiger partial charge is 0.167 e. The number of halogens is 1. The van der Waals surface area contributed by atoms with Gasteiger partial charge in [-0.15, -0.1) is 11.3 Å². The molecule has 4 rings (SSSR count). The van der Waals surface area contributed by atoms with Gasteiger partial charge in [0.1, 0.15) is 0 Å². The van der Waals surface area contributed by atoms with E-state index in [0.717, 1.165) is 33.1 Å². The van der Waals surface area contributed by atoms with Crippen LogP contribution in [-0.4, -0.2) is 15.0 Å². The monoisotopic (exact) mass is 311 g/mol. The summed E-state index contributed by atoms with van der Waals surface area (Å²) in [5.41, 5.74) is 3.90. The number of fused-ring (bicyclic) bond motifs is 1. The molecule has 4 aromatic rings. The number of para-hydroxylation sites is 2. The molecule has 102 valence electrons. The average Bonchev–Trinajstić information content (AvgIpc) is 3.14. The second kappa shape index (κ2) is 4.98. The molecule has 0 radical (unpaired) electrons. The molecule has 2 heterocycles. The number of hydrogen-bond donors (Lipinski definition) is 1. The summed E-state index contributed by atoms with van der Waals surface area (Å²) in [7, 11) is 0. The molecule has 0 saturated heterocycles. The number of aromatic nitrogens is 3. The average molecular weight is 312 g/mol. The number of H-pyrrole nitrogens is 1. The molecule has 0 aliphatic rings. The van der Waals surface area contributed by atoms with E-state index in [9.17, 15) is 0 Å². The predicted octanol–water partition coefficient (Wildman–Crippen LogP) is 5.01. The second-order valence-electron chi connectivity index (χ2n) is 4.65. The Morgan fingerprint density at radius 2 is 1.90 bits per heavy atom. The molecule has 21 heavy (non-hydrogen) atoms. The Hall–Kier alpha value is -2.17. The Kier molecular flexibility index (Phi) is 2.98. The SMILES string of the molecule is Clc1cccc(-c2csc(-c3nc4ccccc4[nH]3)n2)c1. The van der Waals surface area contributed by atoms with E-state index in [1.807, 2.05) is 53.9 Å². The third-order valence-corrected chi connectivity index (χ3v) is 4.30. The summed E-state index contributed by atoms with van der Waals surface area (Å²) >= 11 is 7.60. The summed E-state index contributed by atoms with van der Waals surface area (Å²) in [5, 5.41) is 3.61. The molecule has 2 aromatic carbocycles. The Balaban J connectivity index is 1.77. The van der Waals surface area contributed by atoms with E-state index in [1.165, 1.54) is 0 Å². The zero-order valence-electron chi connectivity index (χ0n) is 10.9. The molecule has 0 unspecified atom stereocenters. The van der Waals surface area contributed by atoms with Gasteiger partial charge in [-0.2, -0.15) is 0 Å². The van der Waals surface area contributed by atoms with Gasteiger partial charge in [-0.05, 0) is 24.3 Å². The number of hydrogen-bond acceptors (Lipinski definition) is 3. The standard InChI is InChI=1S/C16H10ClN3S/c17-11-5-3-4-10(8-11)14-9-21-16(20-14)15-18-12-6-1-2-7-13(12)19-15/h1-9H,(H,18,19). The first-order chi connectivity index (χ1) is 10.3. The summed E-state index contributed by atoms with van der Waals surface area (Å²) in [6.07, 6.45) is 0. The fraction of sp³-hybridized carbons (Fsp3) is 0. The molecule has 5 heteroatoms. The van der Waals surface area contributed by atoms with Gasteiger partial charge in [0.15, 0.2) is 10.8 Å². The topological polar surface area (TPSA) is 41.6 Å². The van der Waals surface area contributed by atoms with Crippen LogP contribution in [0.25, 0.3) is 33.1 Å². The Morgan fingerprint density at radius 3 is 2.76 bits per heavy atom. The van der Waals surface area contributed by atoms with Gasteiger partial charge in [0.25, 0.3) is 0 Å². The van der Waals surface area contributed by atoms with Crippen LogP contribution in [0, 0.1) is 0 Å². The lowest BCUT2D eigenvalue weighted by Crippen LogP contribution is -1.81. The van der Waals surface area contributed by atoms with Crippen molar-refractivity contribution in [3.63, 3.8) is 0 Å². The first-order valence-electron chi connectivity index (χ1n) is 6.46. The van der Waals surface area contributed by atoms with E-state index < -0.39 is 0 Å². The fourth-order valence-electron chi connectivity index (χ4n) is 2.22. The molecule has 0 atom stereocenters. The van der Waals surface area contributed by atoms with E-state index in [2.05, 4.69) is 15.0 Å². The molecule has 0 bridgehead atoms. The van der Waals surface area contributed by atoms with E-state index in [0.29, 0.717) is 5.02 Å². The molecular formula is C16H10ClN3S. The van der Waals surface area contributed by atoms with Gasteiger partial charge in [-0.25, -0.2) is 9.97 Å². The Morgan fingerprint density at radius 1 is 1.00 bits per heavy atom. The van der Waals surface area contributed by atoms with Gasteiger partial charge >= 0.3 is 0 Å². The van der Waals surface area contributed by atoms with Crippen molar-refractivity contribution in [3.8, 4) is 22.1 Å². The van der Waals surface area contributed by atoms with E-state index >= 15 is 0 Å². The first-order valence-corrected chi connectivity index (χ1v) is 7.72. The number of aromatic amines is 1. The highest BCUT2D eigenvalue weighted by atomic mass is 35.5. The van der Waals surface area contributed by atoms with Gasteiger partial charge in [0.05, 0.1) is 16.7 Å². The van der Waals surface area contributed by atoms with Crippen molar-refractivity contribution in [3.05, 3.63) is 58.9 Å². The molecule has 0 aliphatic heterocycles. The molecule has 0 saturated carbocycles. The van der Waals surface area contributed by atoms with Crippen LogP contribution < -0.4 is 0 Å². The van der Waals surface area contributed by atoms with Gasteiger partial charge < -0.3 is 4.98 Å². The van der Waals surface area contributed by atoms with Crippen molar-refractivity contribution >= 4 is 34.0 Å². The third kappa shape index (κ3) is 2.33. The van der Waals surface area contributed by atoms with Crippen LogP contribution in [0.2, 0.25) is 5.02 Å². The first kappa shape index (κ1) is 12.6. The van der Waals surface area contributed by atoms with Gasteiger partial charge in [0, 0.05) is 16.0 Å². The molecule has 3 nitrogen and oxygen atoms in total. The maximum atomic E-state index is 6.03. The highest BCUT2D eigenvalue weighted by molar-refractivity contribution is 7.13. The van der Waals surface area contributed by atoms with Gasteiger partial charge in [-0.3, -0.25) is 0 Å². The van der Waals surface area contributed by atoms with Crippen molar-refractivity contribution in [2.75, 3.05) is 0 Å². The molecular weight excluding hydrogens is 302 g/mol. The highest BCUT2D eigenvalue weighted by Crippen LogP contribution is 2.29. The van der Waals surface area contributed by atoms with Crippen molar-refractivity contribution in [2.24, 2.45) is 0 Å². The predicted molar refractivity (Wildman–Crippen MR) is 87.6 cm³/mol. The van der Waals surface area contributed by atoms with Crippen LogP contribution in [-0.2, 0) is 0 Å². The van der Waals surface area contributed by atoms with E-state index in [-0.39, 0.29) is 0 Å². The number of nitrogens with zero attached hydrogens (tertiary/aromatic N) is 2. The lowest BCUT2D eigenvalue weighted by Gasteiger charge is -1.96. The maximum absolute atomic E-state index is 6.03. The summed E-state index contributed by atoms with van der Waals surface area (Å²) in [6.45, 7) is 0. The molecule has 1 N–H and O–H groups in total. The van der Waals surface area contributed by atoms with Crippen LogP contribution in [0.3, 0.4) is 0 Å². The van der Waals surface area contributed by atoms with Crippen molar-refractivity contribution in [2.45, 2.75) is 0 Å². The number of benzene rings is 2. The lowest BCUT2D eigenvalue weighted by atomic mass is 10.2. The lowest BCUT2D eigenvalue weighted by molar-refractivity contribution is 1.29. The minimum absolute atomic E-state index is 0.714. The second-order valence-corrected chi connectivity index (χ2v) is 5.95. The van der Waals surface area contributed by atoms with Crippen LogP contribution in [0.15, 0.2) is 53.9 Å². The largest absolute Gasteiger partial charge is 0.336 e. The highest BCUT2D eigenvalue weighted by Gasteiger charge is 2.10. The fourth-order valence-corrected chi connectivity index (χ4v) is 3.18. The minimum Gasteiger partial charge on any atom is -0.336 e. The van der Waals surface area contributed by atoms with Crippen LogP contribution in [0.4, 0.5) is 0 Å². The number of thiazole rings is 1. The quantitative estimate of drug-likeness (QED) is 0.565. The Bertz CT molecular complexity index is 893. The molecule has 0 fully saturated rings. The van der Waals surface area contributed by atoms with Crippen LogP contribution >= 0.6 is 22.9 Å². The van der Waals surface area contributed by atoms with Crippen LogP contribution in [0.1, 0.15) is 0 Å². The number of imidazole rings is 1. The normalized spacial score (nSPS) is 11.1. The van der Waals surface area contributed by atoms with Crippen molar-refractivity contribution in [1.82, 2.24) is 15.0 Å². The van der Waals surface area contributed by atoms with Crippen molar-refractivity contribution < 1.29 is 0 Å². The van der Waals surface area contributed by atoms with E-state index in [1.54, 1.807) is 11.3 Å². The minimum atomic E-state index is 0.714. The molecule has 0 aliphatic carbocycles.